The summed E-state index contributed by atoms with van der Waals surface area (Å²) in [4.78, 5) is 0. The number of nitrogens with one attached hydrogen (secondary N) is 1. The molecule has 3 N–H and O–H groups in total. The quantitative estimate of drug-likeness (QED) is 0.821. The van der Waals surface area contributed by atoms with Gasteiger partial charge in [-0.3, -0.25) is 0 Å². The molecule has 0 spiro atoms. The molecule has 0 fully saturated rings. The minimum Gasteiger partial charge on any atom is -0.497 e. The van der Waals surface area contributed by atoms with Crippen LogP contribution in [-0.2, 0) is 0 Å². The summed E-state index contributed by atoms with van der Waals surface area (Å²) in [5.74, 6) is 0.839. The Morgan fingerprint density at radius 1 is 1.00 bits per heavy atom. The first kappa shape index (κ1) is 13.2. The molecule has 0 aromatic heterocycles. The molecular formula is C13H15ClN2O. The van der Waals surface area contributed by atoms with E-state index >= 15 is 0 Å². The summed E-state index contributed by atoms with van der Waals surface area (Å²) in [5.41, 5.74) is 8.47. The van der Waals surface area contributed by atoms with Crippen LogP contribution in [0.5, 0.6) is 5.75 Å². The minimum absolute atomic E-state index is 0. The van der Waals surface area contributed by atoms with Crippen LogP contribution in [-0.4, -0.2) is 7.11 Å². The fraction of sp³-hybridized carbons (Fsp3) is 0.0769. The number of benzene rings is 2. The van der Waals surface area contributed by atoms with Gasteiger partial charge >= 0.3 is 0 Å². The third-order valence-corrected chi connectivity index (χ3v) is 2.33. The second kappa shape index (κ2) is 6.01. The Hall–Kier alpha value is -1.87. The largest absolute Gasteiger partial charge is 0.497 e. The molecule has 2 rings (SSSR count). The molecule has 0 aliphatic heterocycles. The van der Waals surface area contributed by atoms with E-state index in [0.717, 1.165) is 22.8 Å². The van der Waals surface area contributed by atoms with Crippen molar-refractivity contribution in [3.05, 3.63) is 48.5 Å². The fourth-order valence-corrected chi connectivity index (χ4v) is 1.44. The lowest BCUT2D eigenvalue weighted by Crippen LogP contribution is -1.95. The number of halogens is 1. The highest BCUT2D eigenvalue weighted by Gasteiger charge is 1.98. The van der Waals surface area contributed by atoms with Crippen LogP contribution < -0.4 is 15.8 Å². The first-order valence-electron chi connectivity index (χ1n) is 5.05. The molecule has 0 amide bonds. The van der Waals surface area contributed by atoms with Gasteiger partial charge in [-0.15, -0.1) is 12.4 Å². The summed E-state index contributed by atoms with van der Waals surface area (Å²) in [5, 5.41) is 3.24. The van der Waals surface area contributed by atoms with Gasteiger partial charge in [0.1, 0.15) is 5.75 Å². The molecule has 0 radical (unpaired) electrons. The molecule has 3 nitrogen and oxygen atoms in total. The molecule has 90 valence electrons. The number of para-hydroxylation sites is 2. The molecule has 0 saturated heterocycles. The normalized spacial score (nSPS) is 9.24. The van der Waals surface area contributed by atoms with Crippen molar-refractivity contribution in [2.45, 2.75) is 0 Å². The molecule has 2 aromatic rings. The van der Waals surface area contributed by atoms with E-state index < -0.39 is 0 Å². The number of anilines is 3. The van der Waals surface area contributed by atoms with Crippen molar-refractivity contribution in [1.82, 2.24) is 0 Å². The van der Waals surface area contributed by atoms with E-state index in [9.17, 15) is 0 Å². The standard InChI is InChI=1S/C13H14N2O.ClH/c1-16-11-8-6-10(7-9-11)15-13-5-3-2-4-12(13)14;/h2-9,15H,14H2,1H3;1H. The number of rotatable bonds is 3. The van der Waals surface area contributed by atoms with Crippen LogP contribution in [0, 0.1) is 0 Å². The molecule has 0 bridgehead atoms. The molecule has 0 saturated carbocycles. The first-order chi connectivity index (χ1) is 7.79. The number of nitrogen functional groups attached to an aromatic ring is 1. The summed E-state index contributed by atoms with van der Waals surface area (Å²) in [6, 6.07) is 15.4. The monoisotopic (exact) mass is 250 g/mol. The molecule has 2 aromatic carbocycles. The molecule has 0 aliphatic rings. The van der Waals surface area contributed by atoms with Gasteiger partial charge in [0.05, 0.1) is 18.5 Å². The van der Waals surface area contributed by atoms with Crippen molar-refractivity contribution >= 4 is 29.5 Å². The Bertz CT molecular complexity index is 471. The van der Waals surface area contributed by atoms with Crippen molar-refractivity contribution in [3.8, 4) is 5.75 Å². The molecule has 0 atom stereocenters. The summed E-state index contributed by atoms with van der Waals surface area (Å²) < 4.78 is 5.09. The number of hydrogen-bond acceptors (Lipinski definition) is 3. The van der Waals surface area contributed by atoms with Crippen LogP contribution in [0.2, 0.25) is 0 Å². The second-order valence-corrected chi connectivity index (χ2v) is 3.44. The van der Waals surface area contributed by atoms with E-state index in [2.05, 4.69) is 5.32 Å². The smallest absolute Gasteiger partial charge is 0.119 e. The van der Waals surface area contributed by atoms with Crippen LogP contribution >= 0.6 is 12.4 Å². The van der Waals surface area contributed by atoms with Crippen LogP contribution in [0.4, 0.5) is 17.1 Å². The molecule has 0 aliphatic carbocycles. The maximum absolute atomic E-state index is 5.84. The fourth-order valence-electron chi connectivity index (χ4n) is 1.44. The van der Waals surface area contributed by atoms with E-state index in [1.807, 2.05) is 48.5 Å². The zero-order valence-electron chi connectivity index (χ0n) is 9.51. The van der Waals surface area contributed by atoms with Gasteiger partial charge in [-0.25, -0.2) is 0 Å². The topological polar surface area (TPSA) is 47.3 Å². The lowest BCUT2D eigenvalue weighted by atomic mass is 10.2. The van der Waals surface area contributed by atoms with E-state index in [0.29, 0.717) is 0 Å². The number of methoxy groups -OCH3 is 1. The van der Waals surface area contributed by atoms with Crippen molar-refractivity contribution in [2.75, 3.05) is 18.2 Å². The van der Waals surface area contributed by atoms with Gasteiger partial charge in [-0.05, 0) is 36.4 Å². The van der Waals surface area contributed by atoms with Gasteiger partial charge in [0.2, 0.25) is 0 Å². The average molecular weight is 251 g/mol. The van der Waals surface area contributed by atoms with Crippen molar-refractivity contribution < 1.29 is 4.74 Å². The Morgan fingerprint density at radius 3 is 2.24 bits per heavy atom. The highest BCUT2D eigenvalue weighted by molar-refractivity contribution is 5.85. The predicted octanol–water partition coefficient (Wildman–Crippen LogP) is 3.44. The third-order valence-electron chi connectivity index (χ3n) is 2.33. The third kappa shape index (κ3) is 3.29. The average Bonchev–Trinajstić information content (AvgIpc) is 2.33. The number of hydrogen-bond donors (Lipinski definition) is 2. The summed E-state index contributed by atoms with van der Waals surface area (Å²) in [7, 11) is 1.65. The summed E-state index contributed by atoms with van der Waals surface area (Å²) >= 11 is 0. The predicted molar refractivity (Wildman–Crippen MR) is 74.4 cm³/mol. The van der Waals surface area contributed by atoms with Gasteiger partial charge in [-0.1, -0.05) is 12.1 Å². The highest BCUT2D eigenvalue weighted by atomic mass is 35.5. The molecule has 0 heterocycles. The Balaban J connectivity index is 0.00000144. The van der Waals surface area contributed by atoms with E-state index in [4.69, 9.17) is 10.5 Å². The number of ether oxygens (including phenoxy) is 1. The van der Waals surface area contributed by atoms with Gasteiger partial charge in [0.15, 0.2) is 0 Å². The Morgan fingerprint density at radius 2 is 1.65 bits per heavy atom. The Kier molecular flexibility index (Phi) is 4.67. The zero-order valence-corrected chi connectivity index (χ0v) is 10.3. The van der Waals surface area contributed by atoms with Gasteiger partial charge < -0.3 is 15.8 Å². The van der Waals surface area contributed by atoms with Gasteiger partial charge in [0.25, 0.3) is 0 Å². The van der Waals surface area contributed by atoms with Gasteiger partial charge in [0, 0.05) is 5.69 Å². The second-order valence-electron chi connectivity index (χ2n) is 3.44. The number of nitrogens with two attached hydrogens (primary N) is 1. The summed E-state index contributed by atoms with van der Waals surface area (Å²) in [6.45, 7) is 0. The molecule has 17 heavy (non-hydrogen) atoms. The van der Waals surface area contributed by atoms with E-state index in [1.165, 1.54) is 0 Å². The lowest BCUT2D eigenvalue weighted by molar-refractivity contribution is 0.415. The molecule has 4 heteroatoms. The SMILES string of the molecule is COc1ccc(Nc2ccccc2N)cc1.Cl. The highest BCUT2D eigenvalue weighted by Crippen LogP contribution is 2.23. The van der Waals surface area contributed by atoms with E-state index in [-0.39, 0.29) is 12.4 Å². The Labute approximate surface area is 107 Å². The lowest BCUT2D eigenvalue weighted by Gasteiger charge is -2.09. The van der Waals surface area contributed by atoms with Crippen molar-refractivity contribution in [1.29, 1.82) is 0 Å². The molecular weight excluding hydrogens is 236 g/mol. The maximum atomic E-state index is 5.84. The van der Waals surface area contributed by atoms with E-state index in [1.54, 1.807) is 7.11 Å². The minimum atomic E-state index is 0. The van der Waals surface area contributed by atoms with Gasteiger partial charge in [-0.2, -0.15) is 0 Å². The zero-order chi connectivity index (χ0) is 11.4. The first-order valence-corrected chi connectivity index (χ1v) is 5.05. The van der Waals surface area contributed by atoms with Crippen LogP contribution in [0.1, 0.15) is 0 Å². The maximum Gasteiger partial charge on any atom is 0.119 e. The van der Waals surface area contributed by atoms with Crippen LogP contribution in [0.15, 0.2) is 48.5 Å². The molecule has 0 unspecified atom stereocenters. The van der Waals surface area contributed by atoms with Crippen LogP contribution in [0.25, 0.3) is 0 Å². The summed E-state index contributed by atoms with van der Waals surface area (Å²) in [6.07, 6.45) is 0. The van der Waals surface area contributed by atoms with Crippen LogP contribution in [0.3, 0.4) is 0 Å². The van der Waals surface area contributed by atoms with Crippen molar-refractivity contribution in [2.24, 2.45) is 0 Å². The van der Waals surface area contributed by atoms with Crippen molar-refractivity contribution in [3.63, 3.8) is 0 Å².